The molecule has 0 aliphatic carbocycles. The van der Waals surface area contributed by atoms with Crippen LogP contribution in [0, 0.1) is 5.92 Å². The second kappa shape index (κ2) is 5.66. The molecule has 0 radical (unpaired) electrons. The van der Waals surface area contributed by atoms with E-state index in [9.17, 15) is 5.11 Å². The van der Waals surface area contributed by atoms with Crippen molar-refractivity contribution < 1.29 is 5.11 Å². The van der Waals surface area contributed by atoms with Crippen LogP contribution < -0.4 is 0 Å². The third-order valence-electron chi connectivity index (χ3n) is 2.68. The molecule has 0 bridgehead atoms. The summed E-state index contributed by atoms with van der Waals surface area (Å²) in [6.07, 6.45) is 3.18. The van der Waals surface area contributed by atoms with E-state index in [2.05, 4.69) is 20.8 Å². The Kier molecular flexibility index (Phi) is 5.15. The lowest BCUT2D eigenvalue weighted by molar-refractivity contribution is 0.134. The maximum absolute atomic E-state index is 10.3. The van der Waals surface area contributed by atoms with Gasteiger partial charge in [0.25, 0.3) is 0 Å². The van der Waals surface area contributed by atoms with Gasteiger partial charge in [0.15, 0.2) is 0 Å². The first-order chi connectivity index (χ1) is 6.60. The molecule has 0 spiro atoms. The Labute approximate surface area is 96.4 Å². The van der Waals surface area contributed by atoms with Crippen molar-refractivity contribution in [3.05, 3.63) is 0 Å². The van der Waals surface area contributed by atoms with Gasteiger partial charge in [0.05, 0.1) is 10.2 Å². The van der Waals surface area contributed by atoms with E-state index in [0.717, 1.165) is 12.8 Å². The van der Waals surface area contributed by atoms with Crippen LogP contribution in [0.1, 0.15) is 40.0 Å². The highest BCUT2D eigenvalue weighted by Crippen LogP contribution is 2.48. The molecule has 84 valence electrons. The molecule has 1 rings (SSSR count). The summed E-state index contributed by atoms with van der Waals surface area (Å²) in [5.41, 5.74) is 0. The first kappa shape index (κ1) is 12.7. The fourth-order valence-corrected chi connectivity index (χ4v) is 5.12. The molecule has 14 heavy (non-hydrogen) atoms. The predicted octanol–water partition coefficient (Wildman–Crippen LogP) is 3.37. The smallest absolute Gasteiger partial charge is 0.0866 e. The lowest BCUT2D eigenvalue weighted by atomic mass is 10.0. The molecule has 0 amide bonds. The topological polar surface area (TPSA) is 20.2 Å². The molecular formula is C11H22OS2. The van der Waals surface area contributed by atoms with Gasteiger partial charge in [-0.2, -0.15) is 0 Å². The Bertz CT molecular complexity index is 165. The maximum Gasteiger partial charge on any atom is 0.0866 e. The number of aliphatic hydroxyl groups is 1. The van der Waals surface area contributed by atoms with Gasteiger partial charge in [-0.1, -0.05) is 20.8 Å². The van der Waals surface area contributed by atoms with Crippen LogP contribution in [-0.2, 0) is 0 Å². The van der Waals surface area contributed by atoms with Crippen LogP contribution in [0.2, 0.25) is 0 Å². The second-order valence-corrected chi connectivity index (χ2v) is 7.47. The fraction of sp³-hybridized carbons (Fsp3) is 1.00. The summed E-state index contributed by atoms with van der Waals surface area (Å²) in [6, 6.07) is 0. The first-order valence-corrected chi connectivity index (χ1v) is 7.54. The highest BCUT2D eigenvalue weighted by atomic mass is 32.2. The van der Waals surface area contributed by atoms with E-state index in [4.69, 9.17) is 0 Å². The van der Waals surface area contributed by atoms with Crippen molar-refractivity contribution in [3.8, 4) is 0 Å². The summed E-state index contributed by atoms with van der Waals surface area (Å²) in [5.74, 6) is 3.03. The van der Waals surface area contributed by atoms with Gasteiger partial charge in [-0.15, -0.1) is 23.5 Å². The van der Waals surface area contributed by atoms with Crippen molar-refractivity contribution in [2.75, 3.05) is 11.5 Å². The Morgan fingerprint density at radius 3 is 2.29 bits per heavy atom. The number of aliphatic hydroxyl groups excluding tert-OH is 1. The highest BCUT2D eigenvalue weighted by molar-refractivity contribution is 8.18. The molecule has 1 N–H and O–H groups in total. The summed E-state index contributed by atoms with van der Waals surface area (Å²) in [5, 5.41) is 10.3. The summed E-state index contributed by atoms with van der Waals surface area (Å²) in [7, 11) is 0. The minimum Gasteiger partial charge on any atom is -0.391 e. The van der Waals surface area contributed by atoms with Gasteiger partial charge in [0.1, 0.15) is 0 Å². The minimum atomic E-state index is -0.136. The van der Waals surface area contributed by atoms with Crippen molar-refractivity contribution >= 4 is 23.5 Å². The lowest BCUT2D eigenvalue weighted by Gasteiger charge is -2.39. The molecule has 0 aromatic heterocycles. The summed E-state index contributed by atoms with van der Waals surface area (Å²) >= 11 is 3.95. The number of thioether (sulfide) groups is 2. The average molecular weight is 234 g/mol. The van der Waals surface area contributed by atoms with E-state index in [0.29, 0.717) is 5.92 Å². The SMILES string of the molecule is CCC1(C(O)CC(C)C)SCCCS1. The monoisotopic (exact) mass is 234 g/mol. The molecule has 0 aromatic carbocycles. The molecule has 1 heterocycles. The molecule has 1 unspecified atom stereocenters. The van der Waals surface area contributed by atoms with Crippen molar-refractivity contribution in [2.45, 2.75) is 50.2 Å². The number of hydrogen-bond acceptors (Lipinski definition) is 3. The molecule has 1 fully saturated rings. The molecule has 0 aromatic rings. The van der Waals surface area contributed by atoms with E-state index in [1.54, 1.807) is 0 Å². The zero-order valence-electron chi connectivity index (χ0n) is 9.45. The molecule has 1 aliphatic heterocycles. The van der Waals surface area contributed by atoms with Crippen LogP contribution in [0.25, 0.3) is 0 Å². The van der Waals surface area contributed by atoms with Crippen molar-refractivity contribution in [1.82, 2.24) is 0 Å². The van der Waals surface area contributed by atoms with Crippen LogP contribution >= 0.6 is 23.5 Å². The van der Waals surface area contributed by atoms with E-state index in [1.807, 2.05) is 23.5 Å². The summed E-state index contributed by atoms with van der Waals surface area (Å²) in [4.78, 5) is 0. The predicted molar refractivity (Wildman–Crippen MR) is 68.0 cm³/mol. The van der Waals surface area contributed by atoms with Crippen molar-refractivity contribution in [3.63, 3.8) is 0 Å². The van der Waals surface area contributed by atoms with Crippen LogP contribution in [0.5, 0.6) is 0 Å². The number of hydrogen-bond donors (Lipinski definition) is 1. The van der Waals surface area contributed by atoms with Gasteiger partial charge in [-0.3, -0.25) is 0 Å². The lowest BCUT2D eigenvalue weighted by Crippen LogP contribution is -2.38. The Hall–Kier alpha value is 0.660. The molecule has 1 atom stereocenters. The zero-order valence-corrected chi connectivity index (χ0v) is 11.1. The van der Waals surface area contributed by atoms with Crippen LogP contribution in [0.3, 0.4) is 0 Å². The number of rotatable bonds is 4. The van der Waals surface area contributed by atoms with Gasteiger partial charge < -0.3 is 5.11 Å². The third-order valence-corrected chi connectivity index (χ3v) is 6.47. The van der Waals surface area contributed by atoms with Gasteiger partial charge in [-0.25, -0.2) is 0 Å². The Morgan fingerprint density at radius 2 is 1.86 bits per heavy atom. The molecule has 1 nitrogen and oxygen atoms in total. The van der Waals surface area contributed by atoms with Gasteiger partial charge in [-0.05, 0) is 36.7 Å². The fourth-order valence-electron chi connectivity index (χ4n) is 1.85. The van der Waals surface area contributed by atoms with Crippen LogP contribution in [-0.4, -0.2) is 26.8 Å². The van der Waals surface area contributed by atoms with Crippen molar-refractivity contribution in [1.29, 1.82) is 0 Å². The molecule has 1 saturated heterocycles. The zero-order chi connectivity index (χ0) is 10.6. The molecular weight excluding hydrogens is 212 g/mol. The molecule has 1 aliphatic rings. The second-order valence-electron chi connectivity index (χ2n) is 4.36. The average Bonchev–Trinajstić information content (AvgIpc) is 2.18. The molecule has 3 heteroatoms. The van der Waals surface area contributed by atoms with Gasteiger partial charge in [0, 0.05) is 0 Å². The normalized spacial score (nSPS) is 23.8. The quantitative estimate of drug-likeness (QED) is 0.805. The van der Waals surface area contributed by atoms with Crippen LogP contribution in [0.4, 0.5) is 0 Å². The van der Waals surface area contributed by atoms with Gasteiger partial charge >= 0.3 is 0 Å². The largest absolute Gasteiger partial charge is 0.391 e. The van der Waals surface area contributed by atoms with Crippen LogP contribution in [0.15, 0.2) is 0 Å². The van der Waals surface area contributed by atoms with E-state index < -0.39 is 0 Å². The third kappa shape index (κ3) is 3.07. The van der Waals surface area contributed by atoms with E-state index >= 15 is 0 Å². The molecule has 0 saturated carbocycles. The first-order valence-electron chi connectivity index (χ1n) is 5.56. The van der Waals surface area contributed by atoms with Crippen molar-refractivity contribution in [2.24, 2.45) is 5.92 Å². The minimum absolute atomic E-state index is 0.0997. The summed E-state index contributed by atoms with van der Waals surface area (Å²) in [6.45, 7) is 6.57. The Morgan fingerprint density at radius 1 is 1.29 bits per heavy atom. The summed E-state index contributed by atoms with van der Waals surface area (Å²) < 4.78 is 0.0997. The highest BCUT2D eigenvalue weighted by Gasteiger charge is 2.39. The van der Waals surface area contributed by atoms with E-state index in [1.165, 1.54) is 17.9 Å². The standard InChI is InChI=1S/C11H22OS2/c1-4-11(10(12)8-9(2)3)13-6-5-7-14-11/h9-10,12H,4-8H2,1-3H3. The van der Waals surface area contributed by atoms with Gasteiger partial charge in [0.2, 0.25) is 0 Å². The maximum atomic E-state index is 10.3. The van der Waals surface area contributed by atoms with E-state index in [-0.39, 0.29) is 10.2 Å². The Balaban J connectivity index is 2.57.